The van der Waals surface area contributed by atoms with Gasteiger partial charge in [-0.2, -0.15) is 0 Å². The maximum atomic E-state index is 14.1. The molecule has 1 aliphatic heterocycles. The van der Waals surface area contributed by atoms with Crippen molar-refractivity contribution in [1.29, 1.82) is 0 Å². The van der Waals surface area contributed by atoms with Crippen molar-refractivity contribution in [2.24, 2.45) is 5.92 Å². The van der Waals surface area contributed by atoms with Crippen molar-refractivity contribution in [2.75, 3.05) is 6.54 Å². The van der Waals surface area contributed by atoms with Gasteiger partial charge in [0.2, 0.25) is 0 Å². The zero-order chi connectivity index (χ0) is 11.8. The minimum Gasteiger partial charge on any atom is -0.311 e. The quantitative estimate of drug-likeness (QED) is 0.694. The van der Waals surface area contributed by atoms with Crippen LogP contribution in [0.2, 0.25) is 0 Å². The van der Waals surface area contributed by atoms with E-state index in [1.807, 2.05) is 0 Å². The Morgan fingerprint density at radius 2 is 2.12 bits per heavy atom. The number of alkyl halides is 1. The van der Waals surface area contributed by atoms with Crippen molar-refractivity contribution in [3.05, 3.63) is 0 Å². The lowest BCUT2D eigenvalue weighted by Gasteiger charge is -2.28. The highest BCUT2D eigenvalue weighted by molar-refractivity contribution is 4.81. The number of unbranched alkanes of at least 4 members (excludes halogenated alkanes) is 1. The van der Waals surface area contributed by atoms with Crippen LogP contribution in [0.15, 0.2) is 0 Å². The Labute approximate surface area is 100 Å². The summed E-state index contributed by atoms with van der Waals surface area (Å²) < 4.78 is 14.1. The summed E-state index contributed by atoms with van der Waals surface area (Å²) >= 11 is 0. The molecule has 0 bridgehead atoms. The van der Waals surface area contributed by atoms with Gasteiger partial charge in [0.25, 0.3) is 0 Å². The molecule has 0 aromatic heterocycles. The fourth-order valence-electron chi connectivity index (χ4n) is 2.65. The van der Waals surface area contributed by atoms with Crippen LogP contribution in [0.5, 0.6) is 0 Å². The van der Waals surface area contributed by atoms with Crippen molar-refractivity contribution in [1.82, 2.24) is 5.32 Å². The molecule has 2 heteroatoms. The standard InChI is InChI=1S/C14H28FN/c1-3-5-8-12(4-2)11-13(15)14-9-6-7-10-16-14/h12-14,16H,3-11H2,1-2H3. The fourth-order valence-corrected chi connectivity index (χ4v) is 2.65. The zero-order valence-electron chi connectivity index (χ0n) is 11.0. The van der Waals surface area contributed by atoms with Gasteiger partial charge in [-0.1, -0.05) is 46.0 Å². The van der Waals surface area contributed by atoms with Gasteiger partial charge in [0.1, 0.15) is 6.17 Å². The van der Waals surface area contributed by atoms with Crippen molar-refractivity contribution in [2.45, 2.75) is 77.4 Å². The molecule has 3 unspecified atom stereocenters. The first kappa shape index (κ1) is 14.0. The maximum absolute atomic E-state index is 14.1. The molecule has 1 heterocycles. The molecular formula is C14H28FN. The van der Waals surface area contributed by atoms with Gasteiger partial charge in [0.15, 0.2) is 0 Å². The van der Waals surface area contributed by atoms with E-state index >= 15 is 0 Å². The second-order valence-electron chi connectivity index (χ2n) is 5.22. The van der Waals surface area contributed by atoms with Crippen LogP contribution in [-0.2, 0) is 0 Å². The molecule has 96 valence electrons. The zero-order valence-corrected chi connectivity index (χ0v) is 11.0. The van der Waals surface area contributed by atoms with E-state index in [2.05, 4.69) is 19.2 Å². The summed E-state index contributed by atoms with van der Waals surface area (Å²) in [6.45, 7) is 5.42. The van der Waals surface area contributed by atoms with Crippen molar-refractivity contribution >= 4 is 0 Å². The monoisotopic (exact) mass is 229 g/mol. The molecule has 0 radical (unpaired) electrons. The lowest BCUT2D eigenvalue weighted by Crippen LogP contribution is -2.41. The summed E-state index contributed by atoms with van der Waals surface area (Å²) in [6, 6.07) is 0.143. The SMILES string of the molecule is CCCCC(CC)CC(F)C1CCCCN1. The first-order valence-corrected chi connectivity index (χ1v) is 7.15. The van der Waals surface area contributed by atoms with Crippen LogP contribution in [0.4, 0.5) is 4.39 Å². The van der Waals surface area contributed by atoms with Crippen LogP contribution < -0.4 is 5.32 Å². The molecule has 1 rings (SSSR count). The van der Waals surface area contributed by atoms with Crippen LogP contribution in [0.1, 0.15) is 65.2 Å². The lowest BCUT2D eigenvalue weighted by atomic mass is 9.89. The molecule has 0 amide bonds. The second-order valence-corrected chi connectivity index (χ2v) is 5.22. The number of nitrogens with one attached hydrogen (secondary N) is 1. The average Bonchev–Trinajstić information content (AvgIpc) is 2.35. The Morgan fingerprint density at radius 3 is 2.69 bits per heavy atom. The van der Waals surface area contributed by atoms with Crippen molar-refractivity contribution in [3.8, 4) is 0 Å². The molecule has 1 saturated heterocycles. The third-order valence-corrected chi connectivity index (χ3v) is 3.89. The van der Waals surface area contributed by atoms with Crippen LogP contribution in [0.3, 0.4) is 0 Å². The van der Waals surface area contributed by atoms with Crippen molar-refractivity contribution < 1.29 is 4.39 Å². The van der Waals surface area contributed by atoms with E-state index in [-0.39, 0.29) is 6.04 Å². The van der Waals surface area contributed by atoms with Gasteiger partial charge in [-0.3, -0.25) is 0 Å². The summed E-state index contributed by atoms with van der Waals surface area (Å²) in [4.78, 5) is 0. The van der Waals surface area contributed by atoms with E-state index in [0.717, 1.165) is 25.8 Å². The Bertz CT molecular complexity index is 166. The number of rotatable bonds is 7. The molecule has 1 aliphatic rings. The van der Waals surface area contributed by atoms with Crippen LogP contribution in [0.25, 0.3) is 0 Å². The summed E-state index contributed by atoms with van der Waals surface area (Å²) in [5.74, 6) is 0.596. The van der Waals surface area contributed by atoms with Crippen LogP contribution in [0, 0.1) is 5.92 Å². The normalized spacial score (nSPS) is 25.3. The van der Waals surface area contributed by atoms with Gasteiger partial charge >= 0.3 is 0 Å². The van der Waals surface area contributed by atoms with Gasteiger partial charge in [0, 0.05) is 6.04 Å². The highest BCUT2D eigenvalue weighted by Crippen LogP contribution is 2.24. The summed E-state index contributed by atoms with van der Waals surface area (Å²) in [6.07, 6.45) is 8.42. The molecule has 3 atom stereocenters. The maximum Gasteiger partial charge on any atom is 0.116 e. The smallest absolute Gasteiger partial charge is 0.116 e. The number of hydrogen-bond donors (Lipinski definition) is 1. The highest BCUT2D eigenvalue weighted by Gasteiger charge is 2.24. The van der Waals surface area contributed by atoms with Crippen molar-refractivity contribution in [3.63, 3.8) is 0 Å². The highest BCUT2D eigenvalue weighted by atomic mass is 19.1. The molecular weight excluding hydrogens is 201 g/mol. The number of piperidine rings is 1. The van der Waals surface area contributed by atoms with E-state index in [0.29, 0.717) is 5.92 Å². The first-order valence-electron chi connectivity index (χ1n) is 7.15. The van der Waals surface area contributed by atoms with Gasteiger partial charge in [0.05, 0.1) is 0 Å². The predicted octanol–water partition coefficient (Wildman–Crippen LogP) is 4.07. The topological polar surface area (TPSA) is 12.0 Å². The Balaban J connectivity index is 2.26. The summed E-state index contributed by atoms with van der Waals surface area (Å²) in [5.41, 5.74) is 0. The molecule has 0 aromatic carbocycles. The number of hydrogen-bond acceptors (Lipinski definition) is 1. The second kappa shape index (κ2) is 8.05. The van der Waals surface area contributed by atoms with Crippen LogP contribution in [-0.4, -0.2) is 18.8 Å². The Kier molecular flexibility index (Phi) is 7.02. The van der Waals surface area contributed by atoms with Gasteiger partial charge < -0.3 is 5.32 Å². The van der Waals surface area contributed by atoms with Gasteiger partial charge in [-0.25, -0.2) is 4.39 Å². The fraction of sp³-hybridized carbons (Fsp3) is 1.00. The minimum absolute atomic E-state index is 0.143. The lowest BCUT2D eigenvalue weighted by molar-refractivity contribution is 0.176. The van der Waals surface area contributed by atoms with E-state index in [9.17, 15) is 4.39 Å². The van der Waals surface area contributed by atoms with Gasteiger partial charge in [-0.05, 0) is 31.7 Å². The Morgan fingerprint density at radius 1 is 1.31 bits per heavy atom. The largest absolute Gasteiger partial charge is 0.311 e. The summed E-state index contributed by atoms with van der Waals surface area (Å²) in [5, 5.41) is 3.33. The van der Waals surface area contributed by atoms with Gasteiger partial charge in [-0.15, -0.1) is 0 Å². The first-order chi connectivity index (χ1) is 7.77. The average molecular weight is 229 g/mol. The molecule has 1 fully saturated rings. The van der Waals surface area contributed by atoms with Crippen LogP contribution >= 0.6 is 0 Å². The third-order valence-electron chi connectivity index (χ3n) is 3.89. The van der Waals surface area contributed by atoms with E-state index < -0.39 is 6.17 Å². The molecule has 1 nitrogen and oxygen atoms in total. The molecule has 16 heavy (non-hydrogen) atoms. The third kappa shape index (κ3) is 4.82. The summed E-state index contributed by atoms with van der Waals surface area (Å²) in [7, 11) is 0. The minimum atomic E-state index is -0.623. The van der Waals surface area contributed by atoms with E-state index in [1.54, 1.807) is 0 Å². The van der Waals surface area contributed by atoms with E-state index in [1.165, 1.54) is 32.1 Å². The molecule has 0 aromatic rings. The molecule has 0 spiro atoms. The molecule has 1 N–H and O–H groups in total. The van der Waals surface area contributed by atoms with E-state index in [4.69, 9.17) is 0 Å². The Hall–Kier alpha value is -0.110. The molecule has 0 saturated carbocycles. The number of halogens is 1. The molecule has 0 aliphatic carbocycles. The predicted molar refractivity (Wildman–Crippen MR) is 68.5 cm³/mol.